The van der Waals surface area contributed by atoms with E-state index in [2.05, 4.69) is 44.0 Å². The maximum absolute atomic E-state index is 13.9. The largest absolute Gasteiger partial charge is 0.494 e. The molecule has 0 spiro atoms. The lowest BCUT2D eigenvalue weighted by Crippen LogP contribution is -2.34. The number of anilines is 4. The van der Waals surface area contributed by atoms with E-state index in [4.69, 9.17) is 4.74 Å². The van der Waals surface area contributed by atoms with Crippen molar-refractivity contribution in [2.24, 2.45) is 0 Å². The van der Waals surface area contributed by atoms with Crippen molar-refractivity contribution >= 4 is 34.3 Å². The SMILES string of the molecule is C=CC(=O)Nc1cc(Nc2cn3c(-c4cccc(F)c4)ncc3cn2)c(OC)cc1N(C)C1CCN(C)C1. The summed E-state index contributed by atoms with van der Waals surface area (Å²) >= 11 is 0. The molecule has 1 aliphatic rings. The fourth-order valence-electron chi connectivity index (χ4n) is 4.78. The van der Waals surface area contributed by atoms with E-state index < -0.39 is 0 Å². The Morgan fingerprint density at radius 1 is 1.24 bits per heavy atom. The predicted molar refractivity (Wildman–Crippen MR) is 148 cm³/mol. The molecule has 2 aromatic carbocycles. The second-order valence-electron chi connectivity index (χ2n) is 9.36. The Balaban J connectivity index is 1.52. The Labute approximate surface area is 220 Å². The lowest BCUT2D eigenvalue weighted by Gasteiger charge is -2.29. The van der Waals surface area contributed by atoms with Crippen molar-refractivity contribution in [2.75, 3.05) is 49.8 Å². The van der Waals surface area contributed by atoms with Crippen LogP contribution in [0.3, 0.4) is 0 Å². The number of rotatable bonds is 8. The van der Waals surface area contributed by atoms with Crippen LogP contribution in [0.25, 0.3) is 16.9 Å². The molecule has 1 amide bonds. The molecular formula is C28H30FN7O2. The van der Waals surface area contributed by atoms with E-state index in [1.54, 1.807) is 37.8 Å². The number of halogens is 1. The van der Waals surface area contributed by atoms with Crippen LogP contribution in [0.4, 0.5) is 27.3 Å². The Bertz CT molecular complexity index is 1500. The third kappa shape index (κ3) is 5.03. The molecular weight excluding hydrogens is 485 g/mol. The lowest BCUT2D eigenvalue weighted by atomic mass is 10.1. The van der Waals surface area contributed by atoms with Crippen LogP contribution < -0.4 is 20.3 Å². The van der Waals surface area contributed by atoms with Crippen LogP contribution in [0, 0.1) is 5.82 Å². The predicted octanol–water partition coefficient (Wildman–Crippen LogP) is 4.55. The number of hydrogen-bond acceptors (Lipinski definition) is 7. The van der Waals surface area contributed by atoms with Crippen LogP contribution in [-0.4, -0.2) is 65.5 Å². The highest BCUT2D eigenvalue weighted by atomic mass is 19.1. The quantitative estimate of drug-likeness (QED) is 0.333. The van der Waals surface area contributed by atoms with E-state index in [1.807, 2.05) is 23.6 Å². The third-order valence-electron chi connectivity index (χ3n) is 6.81. The number of aromatic nitrogens is 3. The number of likely N-dealkylation sites (N-methyl/N-ethyl adjacent to an activating group) is 2. The molecule has 1 aliphatic heterocycles. The van der Waals surface area contributed by atoms with Gasteiger partial charge in [0.1, 0.15) is 23.2 Å². The van der Waals surface area contributed by atoms with Crippen molar-refractivity contribution in [1.82, 2.24) is 19.3 Å². The molecule has 2 aromatic heterocycles. The summed E-state index contributed by atoms with van der Waals surface area (Å²) in [6.45, 7) is 5.53. The fourth-order valence-corrected chi connectivity index (χ4v) is 4.78. The number of fused-ring (bicyclic) bond motifs is 1. The zero-order chi connectivity index (χ0) is 26.8. The van der Waals surface area contributed by atoms with Crippen molar-refractivity contribution in [2.45, 2.75) is 12.5 Å². The molecule has 1 saturated heterocycles. The molecule has 0 aliphatic carbocycles. The number of hydrogen-bond donors (Lipinski definition) is 2. The van der Waals surface area contributed by atoms with Gasteiger partial charge in [-0.3, -0.25) is 9.20 Å². The summed E-state index contributed by atoms with van der Waals surface area (Å²) in [7, 11) is 5.73. The number of nitrogens with one attached hydrogen (secondary N) is 2. The number of carbonyl (C=O) groups is 1. The van der Waals surface area contributed by atoms with Gasteiger partial charge in [-0.25, -0.2) is 14.4 Å². The van der Waals surface area contributed by atoms with Gasteiger partial charge in [-0.1, -0.05) is 18.7 Å². The molecule has 2 N–H and O–H groups in total. The molecule has 1 atom stereocenters. The molecule has 0 radical (unpaired) electrons. The number of methoxy groups -OCH3 is 1. The average molecular weight is 516 g/mol. The first-order valence-corrected chi connectivity index (χ1v) is 12.3. The van der Waals surface area contributed by atoms with Gasteiger partial charge in [0.05, 0.1) is 48.3 Å². The van der Waals surface area contributed by atoms with Gasteiger partial charge in [0.15, 0.2) is 0 Å². The normalized spacial score (nSPS) is 15.4. The summed E-state index contributed by atoms with van der Waals surface area (Å²) in [5, 5.41) is 6.24. The standard InChI is InChI=1S/C28H30FN7O2/c1-5-27(37)33-22-12-23(25(38-4)13-24(22)35(3)20-9-10-34(2)16-20)32-26-17-36-21(14-30-26)15-31-28(36)18-7-6-8-19(29)11-18/h5-8,11-15,17,20,32H,1,9-10,16H2,2-4H3,(H,33,37). The number of nitrogens with zero attached hydrogens (tertiary/aromatic N) is 5. The van der Waals surface area contributed by atoms with Crippen LogP contribution in [-0.2, 0) is 4.79 Å². The van der Waals surface area contributed by atoms with Gasteiger partial charge < -0.3 is 25.2 Å². The van der Waals surface area contributed by atoms with Crippen LogP contribution in [0.5, 0.6) is 5.75 Å². The third-order valence-corrected chi connectivity index (χ3v) is 6.81. The summed E-state index contributed by atoms with van der Waals surface area (Å²) in [5.74, 6) is 1.06. The monoisotopic (exact) mass is 515 g/mol. The molecule has 196 valence electrons. The minimum Gasteiger partial charge on any atom is -0.494 e. The average Bonchev–Trinajstić information content (AvgIpc) is 3.54. The highest BCUT2D eigenvalue weighted by molar-refractivity contribution is 6.02. The minimum absolute atomic E-state index is 0.300. The zero-order valence-electron chi connectivity index (χ0n) is 21.6. The highest BCUT2D eigenvalue weighted by Crippen LogP contribution is 2.39. The summed E-state index contributed by atoms with van der Waals surface area (Å²) in [4.78, 5) is 25.7. The summed E-state index contributed by atoms with van der Waals surface area (Å²) in [6.07, 6.45) is 7.42. The molecule has 38 heavy (non-hydrogen) atoms. The van der Waals surface area contributed by atoms with E-state index in [-0.39, 0.29) is 11.7 Å². The van der Waals surface area contributed by atoms with Gasteiger partial charge in [0.25, 0.3) is 0 Å². The van der Waals surface area contributed by atoms with E-state index in [9.17, 15) is 9.18 Å². The van der Waals surface area contributed by atoms with Gasteiger partial charge >= 0.3 is 0 Å². The van der Waals surface area contributed by atoms with E-state index in [0.717, 1.165) is 30.7 Å². The molecule has 0 saturated carbocycles. The van der Waals surface area contributed by atoms with E-state index >= 15 is 0 Å². The van der Waals surface area contributed by atoms with Crippen molar-refractivity contribution in [3.05, 3.63) is 73.5 Å². The van der Waals surface area contributed by atoms with Gasteiger partial charge in [-0.05, 0) is 44.3 Å². The van der Waals surface area contributed by atoms with Crippen LogP contribution in [0.1, 0.15) is 6.42 Å². The molecule has 1 unspecified atom stereocenters. The Hall–Kier alpha value is -4.44. The lowest BCUT2D eigenvalue weighted by molar-refractivity contribution is -0.111. The maximum atomic E-state index is 13.9. The number of ether oxygens (including phenoxy) is 1. The molecule has 9 nitrogen and oxygen atoms in total. The smallest absolute Gasteiger partial charge is 0.247 e. The van der Waals surface area contributed by atoms with Crippen molar-refractivity contribution < 1.29 is 13.9 Å². The maximum Gasteiger partial charge on any atom is 0.247 e. The number of benzene rings is 2. The molecule has 1 fully saturated rings. The first kappa shape index (κ1) is 25.2. The highest BCUT2D eigenvalue weighted by Gasteiger charge is 2.26. The first-order valence-electron chi connectivity index (χ1n) is 12.3. The van der Waals surface area contributed by atoms with Crippen LogP contribution >= 0.6 is 0 Å². The Morgan fingerprint density at radius 2 is 2.05 bits per heavy atom. The van der Waals surface area contributed by atoms with E-state index in [0.29, 0.717) is 40.4 Å². The molecule has 5 rings (SSSR count). The number of likely N-dealkylation sites (tertiary alicyclic amines) is 1. The number of amides is 1. The van der Waals surface area contributed by atoms with Crippen molar-refractivity contribution in [1.29, 1.82) is 0 Å². The fraction of sp³-hybridized carbons (Fsp3) is 0.250. The first-order chi connectivity index (χ1) is 18.4. The summed E-state index contributed by atoms with van der Waals surface area (Å²) in [6, 6.07) is 10.3. The molecule has 3 heterocycles. The molecule has 10 heteroatoms. The second kappa shape index (κ2) is 10.5. The van der Waals surface area contributed by atoms with Crippen LogP contribution in [0.15, 0.2) is 67.6 Å². The minimum atomic E-state index is -0.334. The summed E-state index contributed by atoms with van der Waals surface area (Å²) in [5.41, 5.74) is 3.50. The zero-order valence-corrected chi connectivity index (χ0v) is 21.6. The van der Waals surface area contributed by atoms with Gasteiger partial charge in [0, 0.05) is 31.3 Å². The molecule has 4 aromatic rings. The van der Waals surface area contributed by atoms with Crippen LogP contribution in [0.2, 0.25) is 0 Å². The van der Waals surface area contributed by atoms with Gasteiger partial charge in [-0.2, -0.15) is 0 Å². The van der Waals surface area contributed by atoms with Gasteiger partial charge in [0.2, 0.25) is 5.91 Å². The van der Waals surface area contributed by atoms with Gasteiger partial charge in [-0.15, -0.1) is 0 Å². The molecule has 0 bridgehead atoms. The van der Waals surface area contributed by atoms with Crippen molar-refractivity contribution in [3.63, 3.8) is 0 Å². The van der Waals surface area contributed by atoms with Crippen molar-refractivity contribution in [3.8, 4) is 17.1 Å². The Morgan fingerprint density at radius 3 is 2.76 bits per heavy atom. The topological polar surface area (TPSA) is 87.0 Å². The Kier molecular flexibility index (Phi) is 6.97. The second-order valence-corrected chi connectivity index (χ2v) is 9.36. The number of carbonyl (C=O) groups excluding carboxylic acids is 1. The summed E-state index contributed by atoms with van der Waals surface area (Å²) < 4.78 is 21.4. The number of imidazole rings is 1. The van der Waals surface area contributed by atoms with E-state index in [1.165, 1.54) is 18.2 Å².